The third-order valence-electron chi connectivity index (χ3n) is 2.39. The van der Waals surface area contributed by atoms with Crippen molar-refractivity contribution in [2.75, 3.05) is 26.2 Å². The van der Waals surface area contributed by atoms with E-state index in [-0.39, 0.29) is 6.10 Å². The summed E-state index contributed by atoms with van der Waals surface area (Å²) in [5.74, 6) is 0. The predicted molar refractivity (Wildman–Crippen MR) is 50.2 cm³/mol. The molecule has 0 amide bonds. The SMILES string of the molecule is CCC(O)CN1CCN[C@H](C)C1. The second-order valence-corrected chi connectivity index (χ2v) is 3.68. The molecule has 2 N–H and O–H groups in total. The lowest BCUT2D eigenvalue weighted by Gasteiger charge is -2.32. The molecule has 0 bridgehead atoms. The molecule has 0 radical (unpaired) electrons. The normalized spacial score (nSPS) is 28.8. The first-order valence-corrected chi connectivity index (χ1v) is 4.86. The molecule has 3 nitrogen and oxygen atoms in total. The first kappa shape index (κ1) is 9.96. The van der Waals surface area contributed by atoms with E-state index < -0.39 is 0 Å². The Bertz CT molecular complexity index is 130. The van der Waals surface area contributed by atoms with Gasteiger partial charge in [0.1, 0.15) is 0 Å². The van der Waals surface area contributed by atoms with Gasteiger partial charge in [-0.25, -0.2) is 0 Å². The molecule has 1 fully saturated rings. The second kappa shape index (κ2) is 4.80. The van der Waals surface area contributed by atoms with Crippen LogP contribution in [0.15, 0.2) is 0 Å². The van der Waals surface area contributed by atoms with Gasteiger partial charge in [0.2, 0.25) is 0 Å². The highest BCUT2D eigenvalue weighted by Gasteiger charge is 2.16. The molecule has 1 heterocycles. The molecule has 0 aromatic carbocycles. The van der Waals surface area contributed by atoms with Crippen molar-refractivity contribution in [2.45, 2.75) is 32.4 Å². The van der Waals surface area contributed by atoms with Crippen LogP contribution in [0.25, 0.3) is 0 Å². The summed E-state index contributed by atoms with van der Waals surface area (Å²) in [4.78, 5) is 2.33. The predicted octanol–water partition coefficient (Wildman–Crippen LogP) is 0.0510. The number of hydrogen-bond acceptors (Lipinski definition) is 3. The highest BCUT2D eigenvalue weighted by atomic mass is 16.3. The quantitative estimate of drug-likeness (QED) is 0.631. The Morgan fingerprint density at radius 2 is 2.42 bits per heavy atom. The van der Waals surface area contributed by atoms with E-state index in [1.165, 1.54) is 0 Å². The fourth-order valence-electron chi connectivity index (χ4n) is 1.61. The van der Waals surface area contributed by atoms with E-state index in [4.69, 9.17) is 0 Å². The molecule has 12 heavy (non-hydrogen) atoms. The smallest absolute Gasteiger partial charge is 0.0664 e. The van der Waals surface area contributed by atoms with Crippen LogP contribution in [0.3, 0.4) is 0 Å². The molecule has 1 rings (SSSR count). The maximum Gasteiger partial charge on any atom is 0.0664 e. The van der Waals surface area contributed by atoms with E-state index in [1.807, 2.05) is 6.92 Å². The average Bonchev–Trinajstić information content (AvgIpc) is 2.04. The number of nitrogens with one attached hydrogen (secondary N) is 1. The van der Waals surface area contributed by atoms with Crippen LogP contribution in [0.4, 0.5) is 0 Å². The number of piperazine rings is 1. The maximum atomic E-state index is 9.43. The lowest BCUT2D eigenvalue weighted by molar-refractivity contribution is 0.0935. The van der Waals surface area contributed by atoms with Gasteiger partial charge in [-0.05, 0) is 13.3 Å². The average molecular weight is 172 g/mol. The molecule has 3 heteroatoms. The van der Waals surface area contributed by atoms with E-state index in [0.717, 1.165) is 32.6 Å². The van der Waals surface area contributed by atoms with Gasteiger partial charge in [0, 0.05) is 32.2 Å². The molecule has 72 valence electrons. The van der Waals surface area contributed by atoms with Gasteiger partial charge in [-0.15, -0.1) is 0 Å². The zero-order chi connectivity index (χ0) is 8.97. The van der Waals surface area contributed by atoms with Crippen LogP contribution in [0, 0.1) is 0 Å². The van der Waals surface area contributed by atoms with Gasteiger partial charge >= 0.3 is 0 Å². The van der Waals surface area contributed by atoms with E-state index in [0.29, 0.717) is 6.04 Å². The van der Waals surface area contributed by atoms with Crippen LogP contribution < -0.4 is 5.32 Å². The van der Waals surface area contributed by atoms with Crippen molar-refractivity contribution >= 4 is 0 Å². The van der Waals surface area contributed by atoms with Crippen molar-refractivity contribution < 1.29 is 5.11 Å². The molecule has 0 aromatic heterocycles. The highest BCUT2D eigenvalue weighted by molar-refractivity contribution is 4.76. The van der Waals surface area contributed by atoms with Crippen LogP contribution >= 0.6 is 0 Å². The summed E-state index contributed by atoms with van der Waals surface area (Å²) in [5, 5.41) is 12.8. The Morgan fingerprint density at radius 3 is 3.00 bits per heavy atom. The Labute approximate surface area is 74.8 Å². The number of rotatable bonds is 3. The molecular formula is C9H20N2O. The van der Waals surface area contributed by atoms with Crippen molar-refractivity contribution in [3.8, 4) is 0 Å². The van der Waals surface area contributed by atoms with Crippen molar-refractivity contribution in [3.05, 3.63) is 0 Å². The Balaban J connectivity index is 2.22. The van der Waals surface area contributed by atoms with Crippen LogP contribution in [0.2, 0.25) is 0 Å². The third kappa shape index (κ3) is 3.09. The van der Waals surface area contributed by atoms with Gasteiger partial charge in [-0.1, -0.05) is 6.92 Å². The second-order valence-electron chi connectivity index (χ2n) is 3.68. The third-order valence-corrected chi connectivity index (χ3v) is 2.39. The summed E-state index contributed by atoms with van der Waals surface area (Å²) in [7, 11) is 0. The fourth-order valence-corrected chi connectivity index (χ4v) is 1.61. The first-order chi connectivity index (χ1) is 5.72. The Morgan fingerprint density at radius 1 is 1.67 bits per heavy atom. The van der Waals surface area contributed by atoms with Crippen LogP contribution in [0.1, 0.15) is 20.3 Å². The number of hydrogen-bond donors (Lipinski definition) is 2. The van der Waals surface area contributed by atoms with Gasteiger partial charge in [-0.3, -0.25) is 4.90 Å². The zero-order valence-electron chi connectivity index (χ0n) is 8.08. The molecule has 0 aromatic rings. The van der Waals surface area contributed by atoms with Gasteiger partial charge in [0.15, 0.2) is 0 Å². The highest BCUT2D eigenvalue weighted by Crippen LogP contribution is 2.01. The molecule has 1 aliphatic heterocycles. The summed E-state index contributed by atoms with van der Waals surface area (Å²) in [6.45, 7) is 8.24. The van der Waals surface area contributed by atoms with Crippen molar-refractivity contribution in [1.29, 1.82) is 0 Å². The molecule has 1 aliphatic rings. The van der Waals surface area contributed by atoms with Crippen LogP contribution in [-0.4, -0.2) is 48.3 Å². The number of aliphatic hydroxyl groups is 1. The summed E-state index contributed by atoms with van der Waals surface area (Å²) in [6, 6.07) is 0.572. The van der Waals surface area contributed by atoms with Gasteiger partial charge < -0.3 is 10.4 Å². The monoisotopic (exact) mass is 172 g/mol. The van der Waals surface area contributed by atoms with Gasteiger partial charge in [0.25, 0.3) is 0 Å². The van der Waals surface area contributed by atoms with Crippen LogP contribution in [-0.2, 0) is 0 Å². The van der Waals surface area contributed by atoms with Crippen LogP contribution in [0.5, 0.6) is 0 Å². The summed E-state index contributed by atoms with van der Waals surface area (Å²) in [6.07, 6.45) is 0.716. The molecule has 0 saturated carbocycles. The summed E-state index contributed by atoms with van der Waals surface area (Å²) in [5.41, 5.74) is 0. The van der Waals surface area contributed by atoms with E-state index in [2.05, 4.69) is 17.1 Å². The minimum absolute atomic E-state index is 0.143. The molecule has 2 atom stereocenters. The molecule has 1 unspecified atom stereocenters. The van der Waals surface area contributed by atoms with Crippen molar-refractivity contribution in [3.63, 3.8) is 0 Å². The summed E-state index contributed by atoms with van der Waals surface area (Å²) < 4.78 is 0. The van der Waals surface area contributed by atoms with Gasteiger partial charge in [0.05, 0.1) is 6.10 Å². The minimum atomic E-state index is -0.143. The molecule has 0 aliphatic carbocycles. The lowest BCUT2D eigenvalue weighted by Crippen LogP contribution is -2.51. The first-order valence-electron chi connectivity index (χ1n) is 4.86. The molecule has 1 saturated heterocycles. The van der Waals surface area contributed by atoms with E-state index >= 15 is 0 Å². The largest absolute Gasteiger partial charge is 0.392 e. The lowest BCUT2D eigenvalue weighted by atomic mass is 10.2. The Kier molecular flexibility index (Phi) is 3.98. The molecular weight excluding hydrogens is 152 g/mol. The van der Waals surface area contributed by atoms with Crippen molar-refractivity contribution in [1.82, 2.24) is 10.2 Å². The van der Waals surface area contributed by atoms with Crippen molar-refractivity contribution in [2.24, 2.45) is 0 Å². The molecule has 0 spiro atoms. The van der Waals surface area contributed by atoms with E-state index in [1.54, 1.807) is 0 Å². The number of nitrogens with zero attached hydrogens (tertiary/aromatic N) is 1. The number of aliphatic hydroxyl groups excluding tert-OH is 1. The standard InChI is InChI=1S/C9H20N2O/c1-3-9(12)7-11-5-4-10-8(2)6-11/h8-10,12H,3-7H2,1-2H3/t8-,9?/m1/s1. The minimum Gasteiger partial charge on any atom is -0.392 e. The summed E-state index contributed by atoms with van der Waals surface area (Å²) >= 11 is 0. The topological polar surface area (TPSA) is 35.5 Å². The van der Waals surface area contributed by atoms with Gasteiger partial charge in [-0.2, -0.15) is 0 Å². The number of β-amino-alcohol motifs (C(OH)–C–C–N with tert-alkyl or cyclic N) is 1. The fraction of sp³-hybridized carbons (Fsp3) is 1.00. The zero-order valence-corrected chi connectivity index (χ0v) is 8.08. The Hall–Kier alpha value is -0.120. The van der Waals surface area contributed by atoms with E-state index in [9.17, 15) is 5.11 Å². The maximum absolute atomic E-state index is 9.43.